The van der Waals surface area contributed by atoms with E-state index < -0.39 is 0 Å². The van der Waals surface area contributed by atoms with Gasteiger partial charge in [0.25, 0.3) is 0 Å². The fraction of sp³-hybridized carbons (Fsp3) is 0.371. The van der Waals surface area contributed by atoms with Crippen LogP contribution in [0.25, 0.3) is 27.6 Å². The molecule has 2 N–H and O–H groups in total. The summed E-state index contributed by atoms with van der Waals surface area (Å²) in [6, 6.07) is 17.9. The van der Waals surface area contributed by atoms with Gasteiger partial charge >= 0.3 is 6.03 Å². The third kappa shape index (κ3) is 7.43. The van der Waals surface area contributed by atoms with Crippen molar-refractivity contribution in [1.82, 2.24) is 29.4 Å². The normalized spacial score (nSPS) is 14.1. The Kier molecular flexibility index (Phi) is 9.72. The van der Waals surface area contributed by atoms with Crippen molar-refractivity contribution in [3.8, 4) is 16.8 Å². The summed E-state index contributed by atoms with van der Waals surface area (Å²) in [6.07, 6.45) is 8.84. The Hall–Kier alpha value is -4.19. The van der Waals surface area contributed by atoms with E-state index in [0.29, 0.717) is 5.82 Å². The van der Waals surface area contributed by atoms with Crippen molar-refractivity contribution < 1.29 is 9.53 Å². The number of ether oxygens (including phenoxy) is 1. The zero-order valence-corrected chi connectivity index (χ0v) is 27.8. The number of carbonyl (C=O) groups is 1. The van der Waals surface area contributed by atoms with Gasteiger partial charge < -0.3 is 10.1 Å². The van der Waals surface area contributed by atoms with Crippen LogP contribution in [0.4, 0.5) is 16.3 Å². The number of anilines is 2. The number of nitrogens with one attached hydrogen (secondary N) is 2. The van der Waals surface area contributed by atoms with Crippen molar-refractivity contribution in [3.05, 3.63) is 84.6 Å². The Labute approximate surface area is 274 Å². The predicted octanol–water partition coefficient (Wildman–Crippen LogP) is 6.81. The summed E-state index contributed by atoms with van der Waals surface area (Å²) < 4.78 is 9.15. The Morgan fingerprint density at radius 1 is 1.00 bits per heavy atom. The Balaban J connectivity index is 1.21. The number of nitrogens with zero attached hydrogens (tertiary/aromatic N) is 6. The highest BCUT2D eigenvalue weighted by atomic mass is 32.2. The first-order valence-electron chi connectivity index (χ1n) is 15.8. The monoisotopic (exact) mass is 638 g/mol. The zero-order valence-electron chi connectivity index (χ0n) is 27.0. The van der Waals surface area contributed by atoms with E-state index in [2.05, 4.69) is 65.9 Å². The lowest BCUT2D eigenvalue weighted by atomic mass is 9.92. The number of aryl methyl sites for hydroxylation is 1. The highest BCUT2D eigenvalue weighted by Crippen LogP contribution is 2.33. The molecule has 0 saturated carbocycles. The molecule has 0 radical (unpaired) electrons. The van der Waals surface area contributed by atoms with E-state index in [1.165, 1.54) is 0 Å². The molecule has 1 aliphatic heterocycles. The van der Waals surface area contributed by atoms with E-state index in [1.54, 1.807) is 10.9 Å². The fourth-order valence-corrected chi connectivity index (χ4v) is 6.00. The number of rotatable bonds is 10. The highest BCUT2D eigenvalue weighted by Gasteiger charge is 2.22. The van der Waals surface area contributed by atoms with Crippen molar-refractivity contribution in [2.75, 3.05) is 48.9 Å². The maximum atomic E-state index is 13.5. The lowest BCUT2D eigenvalue weighted by molar-refractivity contribution is 0.0336. The average molecular weight is 639 g/mol. The van der Waals surface area contributed by atoms with Crippen molar-refractivity contribution in [1.29, 1.82) is 0 Å². The van der Waals surface area contributed by atoms with Gasteiger partial charge in [0.2, 0.25) is 0 Å². The molecule has 6 rings (SSSR count). The molecule has 240 valence electrons. The van der Waals surface area contributed by atoms with E-state index in [1.807, 2.05) is 65.2 Å². The van der Waals surface area contributed by atoms with Gasteiger partial charge in [-0.05, 0) is 41.5 Å². The maximum Gasteiger partial charge on any atom is 0.324 e. The number of morpholine rings is 1. The number of fused-ring (bicyclic) bond motifs is 1. The lowest BCUT2D eigenvalue weighted by Gasteiger charge is -2.26. The molecule has 4 heterocycles. The van der Waals surface area contributed by atoms with Crippen molar-refractivity contribution in [2.45, 2.75) is 45.7 Å². The lowest BCUT2D eigenvalue weighted by Crippen LogP contribution is -2.35. The average Bonchev–Trinajstić information content (AvgIpc) is 3.70. The van der Waals surface area contributed by atoms with Crippen LogP contribution >= 0.6 is 11.8 Å². The molecule has 0 bridgehead atoms. The predicted molar refractivity (Wildman–Crippen MR) is 187 cm³/mol. The van der Waals surface area contributed by atoms with Gasteiger partial charge in [0.1, 0.15) is 11.5 Å². The van der Waals surface area contributed by atoms with Crippen molar-refractivity contribution >= 4 is 40.1 Å². The minimum Gasteiger partial charge on any atom is -0.379 e. The van der Waals surface area contributed by atoms with Crippen LogP contribution in [-0.4, -0.2) is 73.8 Å². The second kappa shape index (κ2) is 14.1. The molecule has 1 saturated heterocycles. The number of carbonyl (C=O) groups excluding carboxylic acids is 1. The molecule has 3 aromatic heterocycles. The molecule has 2 amide bonds. The van der Waals surface area contributed by atoms with Crippen LogP contribution in [0, 0.1) is 0 Å². The van der Waals surface area contributed by atoms with Gasteiger partial charge in [-0.15, -0.1) is 0 Å². The SMILES string of the molecule is CSCCCn1cc(-n2nc(C(C)(C)C)cc2NC(=O)Nc2ccc(-c3ccc(CN4CCOCC4)nc3)c3ccccc23)cn1. The first-order chi connectivity index (χ1) is 22.3. The molecule has 1 aliphatic rings. The second-order valence-corrected chi connectivity index (χ2v) is 13.6. The second-order valence-electron chi connectivity index (χ2n) is 12.6. The molecule has 11 heteroatoms. The molecular formula is C35H42N8O2S. The van der Waals surface area contributed by atoms with Crippen LogP contribution in [-0.2, 0) is 23.2 Å². The number of amides is 2. The number of pyridine rings is 1. The zero-order chi connectivity index (χ0) is 32.1. The van der Waals surface area contributed by atoms with Crippen LogP contribution in [0.3, 0.4) is 0 Å². The van der Waals surface area contributed by atoms with Gasteiger partial charge in [0, 0.05) is 54.8 Å². The molecule has 0 atom stereocenters. The van der Waals surface area contributed by atoms with Crippen LogP contribution in [0.15, 0.2) is 73.2 Å². The van der Waals surface area contributed by atoms with E-state index in [4.69, 9.17) is 14.8 Å². The Morgan fingerprint density at radius 2 is 1.80 bits per heavy atom. The van der Waals surface area contributed by atoms with Crippen LogP contribution < -0.4 is 10.6 Å². The summed E-state index contributed by atoms with van der Waals surface area (Å²) in [4.78, 5) is 20.6. The minimum atomic E-state index is -0.346. The van der Waals surface area contributed by atoms with E-state index in [9.17, 15) is 4.79 Å². The van der Waals surface area contributed by atoms with Gasteiger partial charge in [-0.3, -0.25) is 19.9 Å². The van der Waals surface area contributed by atoms with Gasteiger partial charge in [0.15, 0.2) is 0 Å². The van der Waals surface area contributed by atoms with E-state index in [-0.39, 0.29) is 11.4 Å². The quantitative estimate of drug-likeness (QED) is 0.162. The molecule has 10 nitrogen and oxygen atoms in total. The van der Waals surface area contributed by atoms with Crippen LogP contribution in [0.1, 0.15) is 38.6 Å². The van der Waals surface area contributed by atoms with Gasteiger partial charge in [0.05, 0.1) is 42.7 Å². The summed E-state index contributed by atoms with van der Waals surface area (Å²) >= 11 is 1.83. The topological polar surface area (TPSA) is 102 Å². The third-order valence-corrected chi connectivity index (χ3v) is 8.81. The summed E-state index contributed by atoms with van der Waals surface area (Å²) in [5.41, 5.74) is 5.33. The number of hydrogen-bond acceptors (Lipinski definition) is 7. The first kappa shape index (κ1) is 31.8. The van der Waals surface area contributed by atoms with Crippen molar-refractivity contribution in [2.24, 2.45) is 0 Å². The molecule has 0 unspecified atom stereocenters. The Bertz CT molecular complexity index is 1780. The smallest absolute Gasteiger partial charge is 0.324 e. The molecule has 46 heavy (non-hydrogen) atoms. The van der Waals surface area contributed by atoms with Crippen LogP contribution in [0.5, 0.6) is 0 Å². The minimum absolute atomic E-state index is 0.200. The van der Waals surface area contributed by atoms with E-state index in [0.717, 1.165) is 96.2 Å². The molecule has 0 spiro atoms. The molecule has 2 aromatic carbocycles. The summed E-state index contributed by atoms with van der Waals surface area (Å²) in [6.45, 7) is 11.4. The fourth-order valence-electron chi connectivity index (χ4n) is 5.58. The largest absolute Gasteiger partial charge is 0.379 e. The highest BCUT2D eigenvalue weighted by molar-refractivity contribution is 7.98. The van der Waals surface area contributed by atoms with Gasteiger partial charge in [-0.1, -0.05) is 57.2 Å². The Morgan fingerprint density at radius 3 is 2.54 bits per heavy atom. The summed E-state index contributed by atoms with van der Waals surface area (Å²) in [5.74, 6) is 1.65. The number of aromatic nitrogens is 5. The molecule has 0 aliphatic carbocycles. The standard InChI is InChI=1S/C35H42N8O2S/c1-35(2,3)32-20-33(43(40-32)27-22-37-42(24-27)14-7-19-46-4)39-34(44)38-31-13-12-28(29-8-5-6-9-30(29)31)25-10-11-26(36-21-25)23-41-15-17-45-18-16-41/h5-6,8-13,20-22,24H,7,14-19,23H2,1-4H3,(H2,38,39,44). The number of urea groups is 1. The number of thioether (sulfide) groups is 1. The molecular weight excluding hydrogens is 597 g/mol. The molecule has 5 aromatic rings. The summed E-state index contributed by atoms with van der Waals surface area (Å²) in [7, 11) is 0. The van der Waals surface area contributed by atoms with E-state index >= 15 is 0 Å². The summed E-state index contributed by atoms with van der Waals surface area (Å²) in [5, 5.41) is 17.5. The number of hydrogen-bond donors (Lipinski definition) is 2. The van der Waals surface area contributed by atoms with Gasteiger partial charge in [-0.2, -0.15) is 22.0 Å². The van der Waals surface area contributed by atoms with Crippen molar-refractivity contribution in [3.63, 3.8) is 0 Å². The first-order valence-corrected chi connectivity index (χ1v) is 17.2. The third-order valence-electron chi connectivity index (χ3n) is 8.12. The molecule has 1 fully saturated rings. The maximum absolute atomic E-state index is 13.5. The van der Waals surface area contributed by atoms with Crippen LogP contribution in [0.2, 0.25) is 0 Å². The van der Waals surface area contributed by atoms with Gasteiger partial charge in [-0.25, -0.2) is 9.48 Å². The number of benzene rings is 2.